The summed E-state index contributed by atoms with van der Waals surface area (Å²) in [5.41, 5.74) is 2.71. The van der Waals surface area contributed by atoms with Crippen molar-refractivity contribution in [2.24, 2.45) is 0 Å². The van der Waals surface area contributed by atoms with Gasteiger partial charge in [-0.2, -0.15) is 0 Å². The second kappa shape index (κ2) is 7.40. The predicted molar refractivity (Wildman–Crippen MR) is 116 cm³/mol. The number of carbonyl (C=O) groups excluding carboxylic acids is 1. The van der Waals surface area contributed by atoms with Crippen LogP contribution in [0.2, 0.25) is 0 Å². The van der Waals surface area contributed by atoms with Crippen LogP contribution >= 0.6 is 11.3 Å². The third-order valence-corrected chi connectivity index (χ3v) is 6.64. The molecular formula is C22H20N4O2S. The first-order valence-electron chi connectivity index (χ1n) is 9.84. The molecule has 0 atom stereocenters. The molecule has 1 amide bonds. The molecule has 1 aromatic carbocycles. The highest BCUT2D eigenvalue weighted by Crippen LogP contribution is 2.33. The summed E-state index contributed by atoms with van der Waals surface area (Å²) in [5.74, 6) is -0.138. The van der Waals surface area contributed by atoms with Crippen LogP contribution < -0.4 is 10.9 Å². The molecule has 0 saturated heterocycles. The summed E-state index contributed by atoms with van der Waals surface area (Å²) in [7, 11) is 0. The predicted octanol–water partition coefficient (Wildman–Crippen LogP) is 3.91. The SMILES string of the molecule is O=C(CCn1cnc2sc3c(c2c1=O)CCCC3)Nc1cccc2ncccc12. The molecule has 4 aromatic rings. The molecule has 0 unspecified atom stereocenters. The number of hydrogen-bond donors (Lipinski definition) is 1. The Morgan fingerprint density at radius 3 is 2.97 bits per heavy atom. The number of nitrogens with zero attached hydrogens (tertiary/aromatic N) is 3. The molecule has 3 aromatic heterocycles. The van der Waals surface area contributed by atoms with Crippen molar-refractivity contribution in [3.63, 3.8) is 0 Å². The second-order valence-electron chi connectivity index (χ2n) is 7.31. The Bertz CT molecular complexity index is 1290. The Hall–Kier alpha value is -3.06. The maximum atomic E-state index is 13.0. The van der Waals surface area contributed by atoms with Gasteiger partial charge in [-0.15, -0.1) is 11.3 Å². The molecule has 1 N–H and O–H groups in total. The average Bonchev–Trinajstić information content (AvgIpc) is 3.13. The molecule has 0 fully saturated rings. The highest BCUT2D eigenvalue weighted by Gasteiger charge is 2.20. The first-order valence-corrected chi connectivity index (χ1v) is 10.7. The molecule has 0 bridgehead atoms. The third kappa shape index (κ3) is 3.31. The number of hydrogen-bond acceptors (Lipinski definition) is 5. The largest absolute Gasteiger partial charge is 0.325 e. The van der Waals surface area contributed by atoms with Crippen molar-refractivity contribution in [1.82, 2.24) is 14.5 Å². The zero-order valence-electron chi connectivity index (χ0n) is 15.9. The number of carbonyl (C=O) groups is 1. The molecule has 6 nitrogen and oxygen atoms in total. The molecular weight excluding hydrogens is 384 g/mol. The van der Waals surface area contributed by atoms with Crippen LogP contribution in [0.5, 0.6) is 0 Å². The van der Waals surface area contributed by atoms with Crippen molar-refractivity contribution in [2.75, 3.05) is 5.32 Å². The monoisotopic (exact) mass is 404 g/mol. The van der Waals surface area contributed by atoms with Crippen molar-refractivity contribution in [2.45, 2.75) is 38.6 Å². The first kappa shape index (κ1) is 18.0. The number of anilines is 1. The van der Waals surface area contributed by atoms with E-state index in [-0.39, 0.29) is 17.9 Å². The van der Waals surface area contributed by atoms with Crippen molar-refractivity contribution in [3.8, 4) is 0 Å². The Labute approximate surface area is 171 Å². The summed E-state index contributed by atoms with van der Waals surface area (Å²) in [4.78, 5) is 36.4. The fraction of sp³-hybridized carbons (Fsp3) is 0.273. The number of amides is 1. The summed E-state index contributed by atoms with van der Waals surface area (Å²) >= 11 is 1.64. The molecule has 5 rings (SSSR count). The molecule has 29 heavy (non-hydrogen) atoms. The van der Waals surface area contributed by atoms with Crippen LogP contribution in [-0.4, -0.2) is 20.4 Å². The number of fused-ring (bicyclic) bond motifs is 4. The summed E-state index contributed by atoms with van der Waals surface area (Å²) in [6.07, 6.45) is 7.79. The van der Waals surface area contributed by atoms with Gasteiger partial charge in [0.1, 0.15) is 4.83 Å². The van der Waals surface area contributed by atoms with Gasteiger partial charge in [-0.3, -0.25) is 19.1 Å². The Morgan fingerprint density at radius 1 is 1.14 bits per heavy atom. The van der Waals surface area contributed by atoms with E-state index in [1.54, 1.807) is 28.4 Å². The Kier molecular flexibility index (Phi) is 4.60. The van der Waals surface area contributed by atoms with Gasteiger partial charge in [-0.25, -0.2) is 4.98 Å². The van der Waals surface area contributed by atoms with Crippen LogP contribution in [0.1, 0.15) is 29.7 Å². The van der Waals surface area contributed by atoms with E-state index < -0.39 is 0 Å². The molecule has 0 radical (unpaired) electrons. The van der Waals surface area contributed by atoms with E-state index in [1.165, 1.54) is 16.9 Å². The number of thiophene rings is 1. The smallest absolute Gasteiger partial charge is 0.262 e. The van der Waals surface area contributed by atoms with E-state index in [0.29, 0.717) is 6.54 Å². The van der Waals surface area contributed by atoms with Gasteiger partial charge in [-0.1, -0.05) is 6.07 Å². The first-order chi connectivity index (χ1) is 14.2. The van der Waals surface area contributed by atoms with Crippen LogP contribution in [0, 0.1) is 0 Å². The van der Waals surface area contributed by atoms with E-state index in [9.17, 15) is 9.59 Å². The number of aryl methyl sites for hydroxylation is 3. The number of aromatic nitrogens is 3. The van der Waals surface area contributed by atoms with Gasteiger partial charge in [0, 0.05) is 29.4 Å². The van der Waals surface area contributed by atoms with Crippen LogP contribution in [0.15, 0.2) is 47.7 Å². The van der Waals surface area contributed by atoms with Crippen molar-refractivity contribution < 1.29 is 4.79 Å². The van der Waals surface area contributed by atoms with Crippen molar-refractivity contribution in [3.05, 3.63) is 63.7 Å². The maximum Gasteiger partial charge on any atom is 0.262 e. The normalized spacial score (nSPS) is 13.5. The molecule has 1 aliphatic carbocycles. The minimum absolute atomic E-state index is 0.0310. The van der Waals surface area contributed by atoms with E-state index in [2.05, 4.69) is 15.3 Å². The third-order valence-electron chi connectivity index (χ3n) is 5.44. The number of benzene rings is 1. The molecule has 7 heteroatoms. The van der Waals surface area contributed by atoms with E-state index in [4.69, 9.17) is 0 Å². The van der Waals surface area contributed by atoms with Gasteiger partial charge < -0.3 is 5.32 Å². The lowest BCUT2D eigenvalue weighted by Gasteiger charge is -2.11. The number of rotatable bonds is 4. The molecule has 146 valence electrons. The summed E-state index contributed by atoms with van der Waals surface area (Å²) in [5, 5.41) is 4.60. The van der Waals surface area contributed by atoms with E-state index in [0.717, 1.165) is 46.1 Å². The minimum atomic E-state index is -0.138. The van der Waals surface area contributed by atoms with E-state index in [1.807, 2.05) is 30.3 Å². The van der Waals surface area contributed by atoms with Gasteiger partial charge in [0.25, 0.3) is 5.56 Å². The fourth-order valence-electron chi connectivity index (χ4n) is 3.99. The standard InChI is InChI=1S/C22H20N4O2S/c27-19(25-17-8-3-7-16-14(17)6-4-11-23-16)10-12-26-13-24-21-20(22(26)28)15-5-1-2-9-18(15)29-21/h3-4,6-8,11,13H,1-2,5,9-10,12H2,(H,25,27). The van der Waals surface area contributed by atoms with Gasteiger partial charge >= 0.3 is 0 Å². The molecule has 1 aliphatic rings. The number of pyridine rings is 1. The highest BCUT2D eigenvalue weighted by atomic mass is 32.1. The lowest BCUT2D eigenvalue weighted by Crippen LogP contribution is -2.24. The van der Waals surface area contributed by atoms with Crippen molar-refractivity contribution in [1.29, 1.82) is 0 Å². The highest BCUT2D eigenvalue weighted by molar-refractivity contribution is 7.18. The lowest BCUT2D eigenvalue weighted by atomic mass is 9.97. The zero-order chi connectivity index (χ0) is 19.8. The van der Waals surface area contributed by atoms with Crippen LogP contribution in [0.4, 0.5) is 5.69 Å². The molecule has 3 heterocycles. The molecule has 0 spiro atoms. The summed E-state index contributed by atoms with van der Waals surface area (Å²) < 4.78 is 1.56. The van der Waals surface area contributed by atoms with Gasteiger partial charge in [0.15, 0.2) is 0 Å². The van der Waals surface area contributed by atoms with Crippen molar-refractivity contribution >= 4 is 44.1 Å². The maximum absolute atomic E-state index is 13.0. The van der Waals surface area contributed by atoms with Crippen LogP contribution in [0.3, 0.4) is 0 Å². The Morgan fingerprint density at radius 2 is 2.03 bits per heavy atom. The topological polar surface area (TPSA) is 76.9 Å². The second-order valence-corrected chi connectivity index (χ2v) is 8.39. The van der Waals surface area contributed by atoms with Gasteiger partial charge in [-0.05, 0) is 55.5 Å². The summed E-state index contributed by atoms with van der Waals surface area (Å²) in [6.45, 7) is 0.307. The minimum Gasteiger partial charge on any atom is -0.325 e. The Balaban J connectivity index is 1.36. The van der Waals surface area contributed by atoms with E-state index >= 15 is 0 Å². The van der Waals surface area contributed by atoms with Crippen LogP contribution in [-0.2, 0) is 24.2 Å². The lowest BCUT2D eigenvalue weighted by molar-refractivity contribution is -0.116. The van der Waals surface area contributed by atoms with Gasteiger partial charge in [0.2, 0.25) is 5.91 Å². The molecule has 0 aliphatic heterocycles. The average molecular weight is 404 g/mol. The fourth-order valence-corrected chi connectivity index (χ4v) is 5.21. The van der Waals surface area contributed by atoms with Crippen LogP contribution in [0.25, 0.3) is 21.1 Å². The summed E-state index contributed by atoms with van der Waals surface area (Å²) in [6, 6.07) is 9.42. The number of nitrogens with one attached hydrogen (secondary N) is 1. The molecule has 0 saturated carbocycles. The quantitative estimate of drug-likeness (QED) is 0.559. The van der Waals surface area contributed by atoms with Gasteiger partial charge in [0.05, 0.1) is 22.9 Å². The zero-order valence-corrected chi connectivity index (χ0v) is 16.7.